The molecule has 0 unspecified atom stereocenters. The summed E-state index contributed by atoms with van der Waals surface area (Å²) in [5, 5.41) is 8.81. The van der Waals surface area contributed by atoms with Crippen LogP contribution in [0.4, 0.5) is 0 Å². The van der Waals surface area contributed by atoms with Crippen LogP contribution in [-0.4, -0.2) is 40.4 Å². The lowest BCUT2D eigenvalue weighted by atomic mass is 10.4. The first-order valence-electron chi connectivity index (χ1n) is 5.99. The van der Waals surface area contributed by atoms with Crippen molar-refractivity contribution in [1.29, 1.82) is 0 Å². The monoisotopic (exact) mass is 292 g/mol. The van der Waals surface area contributed by atoms with Crippen LogP contribution in [0.5, 0.6) is 0 Å². The zero-order valence-electron chi connectivity index (χ0n) is 10.8. The van der Waals surface area contributed by atoms with Crippen LogP contribution in [0.15, 0.2) is 5.16 Å². The van der Waals surface area contributed by atoms with Crippen LogP contribution in [-0.2, 0) is 22.9 Å². The van der Waals surface area contributed by atoms with Gasteiger partial charge >= 0.3 is 0 Å². The zero-order valence-corrected chi connectivity index (χ0v) is 12.4. The second-order valence-corrected chi connectivity index (χ2v) is 7.37. The molecule has 1 aromatic rings. The Hall–Kier alpha value is -0.600. The highest BCUT2D eigenvalue weighted by Crippen LogP contribution is 2.17. The predicted octanol–water partition coefficient (Wildman–Crippen LogP) is 0.674. The first-order valence-corrected chi connectivity index (χ1v) is 8.80. The molecule has 0 spiro atoms. The minimum Gasteiger partial charge on any atom is -0.324 e. The van der Waals surface area contributed by atoms with Crippen LogP contribution in [0.2, 0.25) is 0 Å². The Labute approximate surface area is 112 Å². The number of nitrogens with zero attached hydrogens (tertiary/aromatic N) is 3. The Kier molecular flexibility index (Phi) is 6.10. The fourth-order valence-corrected chi connectivity index (χ4v) is 3.70. The van der Waals surface area contributed by atoms with Crippen molar-refractivity contribution in [2.45, 2.75) is 38.5 Å². The lowest BCUT2D eigenvalue weighted by Crippen LogP contribution is -2.12. The van der Waals surface area contributed by atoms with E-state index in [4.69, 9.17) is 5.73 Å². The third-order valence-corrected chi connectivity index (χ3v) is 5.42. The maximum Gasteiger partial charge on any atom is 0.191 e. The molecule has 1 heterocycles. The Balaban J connectivity index is 2.64. The predicted molar refractivity (Wildman–Crippen MR) is 73.3 cm³/mol. The van der Waals surface area contributed by atoms with Crippen LogP contribution in [0.3, 0.4) is 0 Å². The molecule has 8 heteroatoms. The molecule has 18 heavy (non-hydrogen) atoms. The van der Waals surface area contributed by atoms with E-state index >= 15 is 0 Å². The Morgan fingerprint density at radius 1 is 1.33 bits per heavy atom. The van der Waals surface area contributed by atoms with Gasteiger partial charge in [-0.15, -0.1) is 10.2 Å². The van der Waals surface area contributed by atoms with E-state index in [2.05, 4.69) is 17.1 Å². The van der Waals surface area contributed by atoms with E-state index in [1.807, 2.05) is 4.57 Å². The summed E-state index contributed by atoms with van der Waals surface area (Å²) in [6.07, 6.45) is 0.964. The second kappa shape index (κ2) is 7.10. The minimum absolute atomic E-state index is 0.172. The van der Waals surface area contributed by atoms with Crippen LogP contribution in [0.25, 0.3) is 0 Å². The van der Waals surface area contributed by atoms with Crippen LogP contribution in [0.1, 0.15) is 26.1 Å². The van der Waals surface area contributed by atoms with Crippen molar-refractivity contribution in [2.75, 3.05) is 17.3 Å². The molecular weight excluding hydrogens is 272 g/mol. The normalized spacial score (nSPS) is 11.9. The SMILES string of the molecule is CCCn1c(CN)nnc1SCCS(=O)(=O)CC. The molecule has 0 aromatic carbocycles. The molecule has 0 atom stereocenters. The molecule has 0 saturated heterocycles. The highest BCUT2D eigenvalue weighted by Gasteiger charge is 2.13. The molecule has 1 rings (SSSR count). The minimum atomic E-state index is -2.92. The van der Waals surface area contributed by atoms with Crippen LogP contribution in [0, 0.1) is 0 Å². The second-order valence-electron chi connectivity index (χ2n) is 3.84. The lowest BCUT2D eigenvalue weighted by molar-refractivity contribution is 0.591. The summed E-state index contributed by atoms with van der Waals surface area (Å²) in [6, 6.07) is 0. The van der Waals surface area contributed by atoms with E-state index in [0.717, 1.165) is 23.9 Å². The van der Waals surface area contributed by atoms with E-state index < -0.39 is 9.84 Å². The lowest BCUT2D eigenvalue weighted by Gasteiger charge is -2.07. The van der Waals surface area contributed by atoms with Gasteiger partial charge in [-0.05, 0) is 6.42 Å². The first kappa shape index (κ1) is 15.5. The third kappa shape index (κ3) is 4.25. The fourth-order valence-electron chi connectivity index (χ4n) is 1.43. The van der Waals surface area contributed by atoms with E-state index in [0.29, 0.717) is 12.3 Å². The van der Waals surface area contributed by atoms with Crippen molar-refractivity contribution in [2.24, 2.45) is 5.73 Å². The van der Waals surface area contributed by atoms with E-state index in [1.165, 1.54) is 11.8 Å². The van der Waals surface area contributed by atoms with Gasteiger partial charge < -0.3 is 10.3 Å². The molecule has 0 amide bonds. The third-order valence-electron chi connectivity index (χ3n) is 2.49. The summed E-state index contributed by atoms with van der Waals surface area (Å²) in [4.78, 5) is 0. The topological polar surface area (TPSA) is 90.9 Å². The molecule has 0 radical (unpaired) electrons. The standard InChI is InChI=1S/C10H20N4O2S2/c1-3-5-14-9(8-11)12-13-10(14)17-6-7-18(15,16)4-2/h3-8,11H2,1-2H3. The average Bonchev–Trinajstić information content (AvgIpc) is 2.72. The van der Waals surface area contributed by atoms with Gasteiger partial charge in [-0.3, -0.25) is 0 Å². The average molecular weight is 292 g/mol. The number of nitrogens with two attached hydrogens (primary N) is 1. The molecule has 0 fully saturated rings. The molecule has 0 aliphatic rings. The van der Waals surface area contributed by atoms with Crippen molar-refractivity contribution >= 4 is 21.6 Å². The van der Waals surface area contributed by atoms with E-state index in [1.54, 1.807) is 6.92 Å². The van der Waals surface area contributed by atoms with Gasteiger partial charge in [0, 0.05) is 18.1 Å². The van der Waals surface area contributed by atoms with Gasteiger partial charge in [0.2, 0.25) is 0 Å². The van der Waals surface area contributed by atoms with Crippen LogP contribution >= 0.6 is 11.8 Å². The number of hydrogen-bond donors (Lipinski definition) is 1. The van der Waals surface area contributed by atoms with Crippen molar-refractivity contribution in [3.05, 3.63) is 5.82 Å². The van der Waals surface area contributed by atoms with E-state index in [-0.39, 0.29) is 11.5 Å². The van der Waals surface area contributed by atoms with Crippen LogP contribution < -0.4 is 5.73 Å². The maximum atomic E-state index is 11.4. The van der Waals surface area contributed by atoms with Gasteiger partial charge in [-0.25, -0.2) is 8.42 Å². The van der Waals surface area contributed by atoms with Gasteiger partial charge in [0.25, 0.3) is 0 Å². The Bertz CT molecular complexity index is 470. The summed E-state index contributed by atoms with van der Waals surface area (Å²) >= 11 is 1.42. The van der Waals surface area contributed by atoms with Crippen molar-refractivity contribution in [1.82, 2.24) is 14.8 Å². The molecule has 1 aromatic heterocycles. The van der Waals surface area contributed by atoms with Crippen molar-refractivity contribution < 1.29 is 8.42 Å². The zero-order chi connectivity index (χ0) is 13.6. The molecule has 0 saturated carbocycles. The van der Waals surface area contributed by atoms with Gasteiger partial charge in [0.1, 0.15) is 5.82 Å². The number of hydrogen-bond acceptors (Lipinski definition) is 6. The van der Waals surface area contributed by atoms with Gasteiger partial charge in [0.15, 0.2) is 15.0 Å². The summed E-state index contributed by atoms with van der Waals surface area (Å²) in [5.74, 6) is 1.61. The molecule has 0 aliphatic heterocycles. The number of thioether (sulfide) groups is 1. The summed E-state index contributed by atoms with van der Waals surface area (Å²) in [5.41, 5.74) is 5.59. The number of aromatic nitrogens is 3. The largest absolute Gasteiger partial charge is 0.324 e. The first-order chi connectivity index (χ1) is 8.54. The quantitative estimate of drug-likeness (QED) is 0.708. The molecule has 6 nitrogen and oxygen atoms in total. The molecule has 2 N–H and O–H groups in total. The maximum absolute atomic E-state index is 11.4. The van der Waals surface area contributed by atoms with Gasteiger partial charge in [0.05, 0.1) is 12.3 Å². The van der Waals surface area contributed by atoms with E-state index in [9.17, 15) is 8.42 Å². The summed E-state index contributed by atoms with van der Waals surface area (Å²) in [7, 11) is -2.92. The summed E-state index contributed by atoms with van der Waals surface area (Å²) < 4.78 is 24.7. The number of rotatable bonds is 8. The molecule has 0 aliphatic carbocycles. The molecule has 0 bridgehead atoms. The van der Waals surface area contributed by atoms with Gasteiger partial charge in [-0.1, -0.05) is 25.6 Å². The van der Waals surface area contributed by atoms with Gasteiger partial charge in [-0.2, -0.15) is 0 Å². The summed E-state index contributed by atoms with van der Waals surface area (Å²) in [6.45, 7) is 4.88. The highest BCUT2D eigenvalue weighted by molar-refractivity contribution is 8.00. The van der Waals surface area contributed by atoms with Crippen molar-refractivity contribution in [3.63, 3.8) is 0 Å². The van der Waals surface area contributed by atoms with Crippen molar-refractivity contribution in [3.8, 4) is 0 Å². The Morgan fingerprint density at radius 3 is 2.61 bits per heavy atom. The molecule has 104 valence electrons. The smallest absolute Gasteiger partial charge is 0.191 e. The fraction of sp³-hybridized carbons (Fsp3) is 0.800. The Morgan fingerprint density at radius 2 is 2.06 bits per heavy atom. The molecular formula is C10H20N4O2S2. The number of sulfone groups is 1. The highest BCUT2D eigenvalue weighted by atomic mass is 32.2.